The topological polar surface area (TPSA) is 23.6 Å². The summed E-state index contributed by atoms with van der Waals surface area (Å²) in [5.41, 5.74) is 0.768. The molecule has 1 rings (SSSR count). The van der Waals surface area contributed by atoms with Gasteiger partial charge >= 0.3 is 0 Å². The fourth-order valence-corrected chi connectivity index (χ4v) is 2.11. The van der Waals surface area contributed by atoms with E-state index in [-0.39, 0.29) is 5.91 Å². The van der Waals surface area contributed by atoms with Crippen LogP contribution in [-0.4, -0.2) is 49.9 Å². The van der Waals surface area contributed by atoms with Crippen molar-refractivity contribution in [3.05, 3.63) is 33.4 Å². The van der Waals surface area contributed by atoms with Gasteiger partial charge < -0.3 is 9.80 Å². The maximum absolute atomic E-state index is 12.1. The van der Waals surface area contributed by atoms with Crippen LogP contribution in [0.25, 0.3) is 0 Å². The number of rotatable bonds is 5. The lowest BCUT2D eigenvalue weighted by Crippen LogP contribution is -2.29. The van der Waals surface area contributed by atoms with E-state index in [2.05, 4.69) is 27.5 Å². The van der Waals surface area contributed by atoms with Crippen LogP contribution >= 0.6 is 22.6 Å². The minimum atomic E-state index is 0.0993. The van der Waals surface area contributed by atoms with Crippen molar-refractivity contribution in [2.24, 2.45) is 0 Å². The average Bonchev–Trinajstić information content (AvgIpc) is 2.27. The molecule has 94 valence electrons. The molecule has 0 fully saturated rings. The Labute approximate surface area is 117 Å². The lowest BCUT2D eigenvalue weighted by molar-refractivity contribution is 0.0790. The van der Waals surface area contributed by atoms with Gasteiger partial charge in [-0.2, -0.15) is 0 Å². The molecule has 1 aromatic carbocycles. The molecule has 0 aliphatic carbocycles. The highest BCUT2D eigenvalue weighted by molar-refractivity contribution is 14.1. The molecular formula is C13H19IN2O. The van der Waals surface area contributed by atoms with Gasteiger partial charge in [-0.05, 0) is 67.9 Å². The summed E-state index contributed by atoms with van der Waals surface area (Å²) in [7, 11) is 5.95. The summed E-state index contributed by atoms with van der Waals surface area (Å²) >= 11 is 2.22. The molecule has 0 aliphatic heterocycles. The van der Waals surface area contributed by atoms with Crippen LogP contribution in [0.5, 0.6) is 0 Å². The Morgan fingerprint density at radius 1 is 1.24 bits per heavy atom. The molecule has 4 heteroatoms. The summed E-state index contributed by atoms with van der Waals surface area (Å²) in [5, 5.41) is 0. The van der Waals surface area contributed by atoms with Crippen molar-refractivity contribution < 1.29 is 4.79 Å². The molecule has 3 nitrogen and oxygen atoms in total. The van der Waals surface area contributed by atoms with Crippen LogP contribution < -0.4 is 0 Å². The van der Waals surface area contributed by atoms with Gasteiger partial charge in [-0.3, -0.25) is 4.79 Å². The van der Waals surface area contributed by atoms with Crippen molar-refractivity contribution in [2.75, 3.05) is 34.2 Å². The minimum absolute atomic E-state index is 0.0993. The molecule has 0 radical (unpaired) electrons. The third-order valence-electron chi connectivity index (χ3n) is 2.52. The predicted molar refractivity (Wildman–Crippen MR) is 79.3 cm³/mol. The zero-order valence-electron chi connectivity index (χ0n) is 10.6. The van der Waals surface area contributed by atoms with E-state index in [0.717, 1.165) is 28.6 Å². The smallest absolute Gasteiger partial charge is 0.253 e. The molecule has 0 aliphatic rings. The van der Waals surface area contributed by atoms with E-state index < -0.39 is 0 Å². The van der Waals surface area contributed by atoms with Crippen LogP contribution in [0.4, 0.5) is 0 Å². The maximum Gasteiger partial charge on any atom is 0.253 e. The summed E-state index contributed by atoms with van der Waals surface area (Å²) in [4.78, 5) is 16.0. The van der Waals surface area contributed by atoms with E-state index in [0.29, 0.717) is 0 Å². The number of hydrogen-bond donors (Lipinski definition) is 0. The molecule has 0 saturated heterocycles. The van der Waals surface area contributed by atoms with Crippen LogP contribution in [-0.2, 0) is 0 Å². The lowest BCUT2D eigenvalue weighted by atomic mass is 10.2. The van der Waals surface area contributed by atoms with Crippen molar-refractivity contribution in [2.45, 2.75) is 6.42 Å². The third-order valence-corrected chi connectivity index (χ3v) is 3.19. The highest BCUT2D eigenvalue weighted by atomic mass is 127. The van der Waals surface area contributed by atoms with Gasteiger partial charge in [0.25, 0.3) is 5.91 Å². The highest BCUT2D eigenvalue weighted by Crippen LogP contribution is 2.09. The number of nitrogens with zero attached hydrogens (tertiary/aromatic N) is 2. The Morgan fingerprint density at radius 3 is 2.53 bits per heavy atom. The van der Waals surface area contributed by atoms with E-state index in [1.165, 1.54) is 0 Å². The molecule has 1 aromatic rings. The van der Waals surface area contributed by atoms with Crippen LogP contribution in [0.15, 0.2) is 24.3 Å². The number of carbonyl (C=O) groups is 1. The van der Waals surface area contributed by atoms with Gasteiger partial charge in [0.15, 0.2) is 0 Å². The number of halogens is 1. The van der Waals surface area contributed by atoms with Crippen molar-refractivity contribution in [1.29, 1.82) is 0 Å². The fourth-order valence-electron chi connectivity index (χ4n) is 1.57. The number of amides is 1. The summed E-state index contributed by atoms with van der Waals surface area (Å²) in [6.45, 7) is 1.80. The molecule has 0 spiro atoms. The van der Waals surface area contributed by atoms with Gasteiger partial charge in [0.05, 0.1) is 0 Å². The monoisotopic (exact) mass is 346 g/mol. The highest BCUT2D eigenvalue weighted by Gasteiger charge is 2.11. The summed E-state index contributed by atoms with van der Waals surface area (Å²) in [6.07, 6.45) is 0.999. The second kappa shape index (κ2) is 6.96. The number of benzene rings is 1. The normalized spacial score (nSPS) is 10.6. The number of carbonyl (C=O) groups excluding carboxylic acids is 1. The Balaban J connectivity index is 2.52. The maximum atomic E-state index is 12.1. The molecule has 0 N–H and O–H groups in total. The third kappa shape index (κ3) is 5.04. The van der Waals surface area contributed by atoms with Crippen LogP contribution in [0.1, 0.15) is 16.8 Å². The molecule has 17 heavy (non-hydrogen) atoms. The van der Waals surface area contributed by atoms with E-state index in [1.807, 2.05) is 45.4 Å². The van der Waals surface area contributed by atoms with E-state index in [1.54, 1.807) is 4.90 Å². The molecule has 0 saturated carbocycles. The molecule has 0 bridgehead atoms. The first-order valence-electron chi connectivity index (χ1n) is 5.66. The van der Waals surface area contributed by atoms with Crippen LogP contribution in [0, 0.1) is 3.57 Å². The fraction of sp³-hybridized carbons (Fsp3) is 0.462. The van der Waals surface area contributed by atoms with Crippen molar-refractivity contribution in [1.82, 2.24) is 9.80 Å². The van der Waals surface area contributed by atoms with E-state index in [9.17, 15) is 4.79 Å². The Bertz CT molecular complexity index is 379. The molecule has 0 heterocycles. The quantitative estimate of drug-likeness (QED) is 0.764. The second-order valence-electron chi connectivity index (χ2n) is 4.39. The standard InChI is InChI=1S/C13H19IN2O/c1-15(2)8-5-9-16(3)13(17)11-6-4-7-12(14)10-11/h4,6-7,10H,5,8-9H2,1-3H3. The first-order valence-corrected chi connectivity index (χ1v) is 6.74. The SMILES string of the molecule is CN(C)CCCN(C)C(=O)c1cccc(I)c1. The minimum Gasteiger partial charge on any atom is -0.342 e. The van der Waals surface area contributed by atoms with Gasteiger partial charge in [-0.1, -0.05) is 6.07 Å². The van der Waals surface area contributed by atoms with Gasteiger partial charge in [-0.25, -0.2) is 0 Å². The van der Waals surface area contributed by atoms with Crippen LogP contribution in [0.3, 0.4) is 0 Å². The van der Waals surface area contributed by atoms with Crippen LogP contribution in [0.2, 0.25) is 0 Å². The molecule has 0 atom stereocenters. The number of hydrogen-bond acceptors (Lipinski definition) is 2. The zero-order valence-corrected chi connectivity index (χ0v) is 12.8. The van der Waals surface area contributed by atoms with E-state index >= 15 is 0 Å². The molecule has 1 amide bonds. The van der Waals surface area contributed by atoms with Crippen molar-refractivity contribution >= 4 is 28.5 Å². The van der Waals surface area contributed by atoms with Crippen molar-refractivity contribution in [3.63, 3.8) is 0 Å². The second-order valence-corrected chi connectivity index (χ2v) is 5.64. The average molecular weight is 346 g/mol. The Kier molecular flexibility index (Phi) is 5.91. The van der Waals surface area contributed by atoms with Gasteiger partial charge in [0.2, 0.25) is 0 Å². The molecule has 0 aromatic heterocycles. The lowest BCUT2D eigenvalue weighted by Gasteiger charge is -2.18. The van der Waals surface area contributed by atoms with Gasteiger partial charge in [0, 0.05) is 22.7 Å². The summed E-state index contributed by atoms with van der Waals surface area (Å²) < 4.78 is 1.09. The Hall–Kier alpha value is -0.620. The van der Waals surface area contributed by atoms with Gasteiger partial charge in [0.1, 0.15) is 0 Å². The summed E-state index contributed by atoms with van der Waals surface area (Å²) in [5.74, 6) is 0.0993. The largest absolute Gasteiger partial charge is 0.342 e. The van der Waals surface area contributed by atoms with E-state index in [4.69, 9.17) is 0 Å². The van der Waals surface area contributed by atoms with Crippen molar-refractivity contribution in [3.8, 4) is 0 Å². The Morgan fingerprint density at radius 2 is 1.94 bits per heavy atom. The molecular weight excluding hydrogens is 327 g/mol. The predicted octanol–water partition coefficient (Wildman–Crippen LogP) is 2.31. The first-order chi connectivity index (χ1) is 8.00. The first kappa shape index (κ1) is 14.4. The summed E-state index contributed by atoms with van der Waals surface area (Å²) in [6, 6.07) is 7.70. The van der Waals surface area contributed by atoms with Gasteiger partial charge in [-0.15, -0.1) is 0 Å². The zero-order chi connectivity index (χ0) is 12.8. The molecule has 0 unspecified atom stereocenters.